The predicted molar refractivity (Wildman–Crippen MR) is 84.9 cm³/mol. The summed E-state index contributed by atoms with van der Waals surface area (Å²) < 4.78 is 5.41. The molecule has 0 fully saturated rings. The van der Waals surface area contributed by atoms with Crippen molar-refractivity contribution in [3.63, 3.8) is 0 Å². The van der Waals surface area contributed by atoms with Crippen molar-refractivity contribution in [1.29, 1.82) is 0 Å². The molecule has 0 aliphatic heterocycles. The molecule has 2 N–H and O–H groups in total. The summed E-state index contributed by atoms with van der Waals surface area (Å²) in [5, 5.41) is 12.4. The SMILES string of the molecule is CCCCCNC(CC(=O)O)Cc1ccc(OCC)cc1. The molecule has 0 bridgehead atoms. The lowest BCUT2D eigenvalue weighted by Gasteiger charge is -2.17. The average Bonchev–Trinajstić information content (AvgIpc) is 2.45. The van der Waals surface area contributed by atoms with E-state index >= 15 is 0 Å². The third-order valence-electron chi connectivity index (χ3n) is 3.35. The van der Waals surface area contributed by atoms with Gasteiger partial charge in [0.05, 0.1) is 13.0 Å². The van der Waals surface area contributed by atoms with Crippen molar-refractivity contribution in [2.24, 2.45) is 0 Å². The molecule has 0 heterocycles. The Balaban J connectivity index is 2.51. The Morgan fingerprint density at radius 3 is 2.52 bits per heavy atom. The smallest absolute Gasteiger partial charge is 0.304 e. The third kappa shape index (κ3) is 7.71. The van der Waals surface area contributed by atoms with Crippen molar-refractivity contribution in [3.8, 4) is 5.75 Å². The number of carboxylic acids is 1. The summed E-state index contributed by atoms with van der Waals surface area (Å²) in [4.78, 5) is 11.0. The van der Waals surface area contributed by atoms with E-state index in [1.54, 1.807) is 0 Å². The second-order valence-corrected chi connectivity index (χ2v) is 5.24. The molecule has 1 aromatic rings. The first-order valence-corrected chi connectivity index (χ1v) is 7.82. The molecule has 0 aliphatic carbocycles. The van der Waals surface area contributed by atoms with E-state index in [-0.39, 0.29) is 12.5 Å². The summed E-state index contributed by atoms with van der Waals surface area (Å²) in [6.07, 6.45) is 4.32. The number of carboxylic acid groups (broad SMARTS) is 1. The lowest BCUT2D eigenvalue weighted by molar-refractivity contribution is -0.137. The molecular formula is C17H27NO3. The van der Waals surface area contributed by atoms with Gasteiger partial charge in [-0.25, -0.2) is 0 Å². The fraction of sp³-hybridized carbons (Fsp3) is 0.588. The summed E-state index contributed by atoms with van der Waals surface area (Å²) in [6.45, 7) is 5.65. The maximum absolute atomic E-state index is 11.0. The molecule has 21 heavy (non-hydrogen) atoms. The Labute approximate surface area is 127 Å². The number of unbranched alkanes of at least 4 members (excludes halogenated alkanes) is 2. The van der Waals surface area contributed by atoms with Crippen LogP contribution >= 0.6 is 0 Å². The Morgan fingerprint density at radius 2 is 1.95 bits per heavy atom. The van der Waals surface area contributed by atoms with E-state index in [0.717, 1.165) is 30.7 Å². The molecule has 0 radical (unpaired) electrons. The summed E-state index contributed by atoms with van der Waals surface area (Å²) in [7, 11) is 0. The molecule has 4 nitrogen and oxygen atoms in total. The number of nitrogens with one attached hydrogen (secondary N) is 1. The number of hydrogen-bond acceptors (Lipinski definition) is 3. The van der Waals surface area contributed by atoms with E-state index in [2.05, 4.69) is 12.2 Å². The Kier molecular flexibility index (Phi) is 8.51. The van der Waals surface area contributed by atoms with Crippen LogP contribution in [0.2, 0.25) is 0 Å². The van der Waals surface area contributed by atoms with E-state index in [0.29, 0.717) is 6.61 Å². The summed E-state index contributed by atoms with van der Waals surface area (Å²) in [5.41, 5.74) is 1.13. The lowest BCUT2D eigenvalue weighted by Crippen LogP contribution is -2.34. The van der Waals surface area contributed by atoms with Gasteiger partial charge in [0.1, 0.15) is 5.75 Å². The summed E-state index contributed by atoms with van der Waals surface area (Å²) in [6, 6.07) is 7.88. The van der Waals surface area contributed by atoms with Crippen LogP contribution in [0.25, 0.3) is 0 Å². The van der Waals surface area contributed by atoms with Crippen LogP contribution in [-0.2, 0) is 11.2 Å². The Morgan fingerprint density at radius 1 is 1.24 bits per heavy atom. The van der Waals surface area contributed by atoms with E-state index < -0.39 is 5.97 Å². The maximum atomic E-state index is 11.0. The molecule has 0 aliphatic rings. The molecule has 0 saturated carbocycles. The van der Waals surface area contributed by atoms with Gasteiger partial charge >= 0.3 is 5.97 Å². The number of rotatable bonds is 11. The van der Waals surface area contributed by atoms with Crippen molar-refractivity contribution in [2.45, 2.75) is 52.0 Å². The highest BCUT2D eigenvalue weighted by molar-refractivity contribution is 5.67. The van der Waals surface area contributed by atoms with E-state index in [9.17, 15) is 4.79 Å². The highest BCUT2D eigenvalue weighted by atomic mass is 16.5. The van der Waals surface area contributed by atoms with Gasteiger partial charge in [-0.2, -0.15) is 0 Å². The van der Waals surface area contributed by atoms with Gasteiger partial charge in [-0.15, -0.1) is 0 Å². The summed E-state index contributed by atoms with van der Waals surface area (Å²) in [5.74, 6) is 0.0980. The first-order chi connectivity index (χ1) is 10.2. The molecule has 1 aromatic carbocycles. The van der Waals surface area contributed by atoms with Gasteiger partial charge in [-0.3, -0.25) is 4.79 Å². The lowest BCUT2D eigenvalue weighted by atomic mass is 10.0. The molecule has 0 spiro atoms. The molecule has 4 heteroatoms. The van der Waals surface area contributed by atoms with Crippen LogP contribution in [-0.4, -0.2) is 30.3 Å². The predicted octanol–water partition coefficient (Wildman–Crippen LogP) is 3.25. The summed E-state index contributed by atoms with van der Waals surface area (Å²) >= 11 is 0. The monoisotopic (exact) mass is 293 g/mol. The van der Waals surface area contributed by atoms with Crippen molar-refractivity contribution in [2.75, 3.05) is 13.2 Å². The first kappa shape index (κ1) is 17.5. The van der Waals surface area contributed by atoms with Crippen LogP contribution in [0.1, 0.15) is 45.1 Å². The fourth-order valence-corrected chi connectivity index (χ4v) is 2.28. The molecule has 1 rings (SSSR count). The average molecular weight is 293 g/mol. The number of ether oxygens (including phenoxy) is 1. The topological polar surface area (TPSA) is 58.6 Å². The van der Waals surface area contributed by atoms with Crippen LogP contribution < -0.4 is 10.1 Å². The van der Waals surface area contributed by atoms with Gasteiger partial charge in [0.2, 0.25) is 0 Å². The zero-order chi connectivity index (χ0) is 15.5. The number of aliphatic carboxylic acids is 1. The second-order valence-electron chi connectivity index (χ2n) is 5.24. The van der Waals surface area contributed by atoms with Gasteiger partial charge in [0.25, 0.3) is 0 Å². The van der Waals surface area contributed by atoms with Crippen LogP contribution in [0.5, 0.6) is 5.75 Å². The van der Waals surface area contributed by atoms with Gasteiger partial charge in [0, 0.05) is 6.04 Å². The highest BCUT2D eigenvalue weighted by Gasteiger charge is 2.13. The molecule has 0 amide bonds. The highest BCUT2D eigenvalue weighted by Crippen LogP contribution is 2.14. The van der Waals surface area contributed by atoms with Gasteiger partial charge in [-0.1, -0.05) is 31.9 Å². The minimum atomic E-state index is -0.756. The van der Waals surface area contributed by atoms with Crippen LogP contribution in [0, 0.1) is 0 Å². The molecule has 0 aromatic heterocycles. The molecule has 1 atom stereocenters. The zero-order valence-corrected chi connectivity index (χ0v) is 13.1. The van der Waals surface area contributed by atoms with Crippen LogP contribution in [0.4, 0.5) is 0 Å². The number of hydrogen-bond donors (Lipinski definition) is 2. The van der Waals surface area contributed by atoms with E-state index in [1.165, 1.54) is 12.8 Å². The van der Waals surface area contributed by atoms with Crippen molar-refractivity contribution < 1.29 is 14.6 Å². The maximum Gasteiger partial charge on any atom is 0.304 e. The van der Waals surface area contributed by atoms with Crippen LogP contribution in [0.15, 0.2) is 24.3 Å². The van der Waals surface area contributed by atoms with Gasteiger partial charge in [0.15, 0.2) is 0 Å². The van der Waals surface area contributed by atoms with E-state index in [1.807, 2.05) is 31.2 Å². The third-order valence-corrected chi connectivity index (χ3v) is 3.35. The number of benzene rings is 1. The quantitative estimate of drug-likeness (QED) is 0.615. The number of carbonyl (C=O) groups is 1. The Bertz CT molecular complexity index is 403. The largest absolute Gasteiger partial charge is 0.494 e. The first-order valence-electron chi connectivity index (χ1n) is 7.82. The van der Waals surface area contributed by atoms with Crippen molar-refractivity contribution in [1.82, 2.24) is 5.32 Å². The normalized spacial score (nSPS) is 12.1. The zero-order valence-electron chi connectivity index (χ0n) is 13.1. The fourth-order valence-electron chi connectivity index (χ4n) is 2.28. The Hall–Kier alpha value is -1.55. The van der Waals surface area contributed by atoms with Crippen LogP contribution in [0.3, 0.4) is 0 Å². The van der Waals surface area contributed by atoms with Gasteiger partial charge < -0.3 is 15.2 Å². The minimum absolute atomic E-state index is 0.0164. The van der Waals surface area contributed by atoms with Crippen molar-refractivity contribution in [3.05, 3.63) is 29.8 Å². The minimum Gasteiger partial charge on any atom is -0.494 e. The van der Waals surface area contributed by atoms with E-state index in [4.69, 9.17) is 9.84 Å². The molecule has 0 saturated heterocycles. The molecular weight excluding hydrogens is 266 g/mol. The second kappa shape index (κ2) is 10.2. The standard InChI is InChI=1S/C17H27NO3/c1-3-5-6-11-18-15(13-17(19)20)12-14-7-9-16(10-8-14)21-4-2/h7-10,15,18H,3-6,11-13H2,1-2H3,(H,19,20). The van der Waals surface area contributed by atoms with Crippen molar-refractivity contribution >= 4 is 5.97 Å². The molecule has 1 unspecified atom stereocenters. The van der Waals surface area contributed by atoms with Gasteiger partial charge in [-0.05, 0) is 44.0 Å². The molecule has 118 valence electrons.